The number of nitrogens with zero attached hydrogens (tertiary/aromatic N) is 1. The van der Waals surface area contributed by atoms with Gasteiger partial charge in [-0.15, -0.1) is 0 Å². The molecule has 0 spiro atoms. The quantitative estimate of drug-likeness (QED) is 0.0272. The minimum Gasteiger partial charge on any atom is -0.756 e. The Labute approximate surface area is 474 Å². The number of hydrogen-bond acceptors (Lipinski definition) is 6. The van der Waals surface area contributed by atoms with Crippen LogP contribution in [0.15, 0.2) is 36.5 Å². The van der Waals surface area contributed by atoms with E-state index in [1.807, 2.05) is 27.2 Å². The summed E-state index contributed by atoms with van der Waals surface area (Å²) in [4.78, 5) is 25.6. The minimum absolute atomic E-state index is 0.00715. The van der Waals surface area contributed by atoms with Crippen LogP contribution < -0.4 is 10.2 Å². The molecule has 0 fully saturated rings. The fraction of sp³-hybridized carbons (Fsp3) is 0.896. The van der Waals surface area contributed by atoms with Crippen molar-refractivity contribution >= 4 is 13.7 Å². The summed E-state index contributed by atoms with van der Waals surface area (Å²) in [5.41, 5.74) is 0. The van der Waals surface area contributed by atoms with E-state index >= 15 is 0 Å². The molecule has 0 saturated heterocycles. The van der Waals surface area contributed by atoms with Crippen LogP contribution in [0.2, 0.25) is 0 Å². The number of likely N-dealkylation sites (N-methyl/N-ethyl adjacent to an activating group) is 1. The first-order valence-electron chi connectivity index (χ1n) is 33.4. The van der Waals surface area contributed by atoms with Crippen molar-refractivity contribution in [2.24, 2.45) is 0 Å². The molecule has 0 aromatic rings. The molecule has 9 heteroatoms. The first kappa shape index (κ1) is 74.7. The van der Waals surface area contributed by atoms with Crippen molar-refractivity contribution in [1.82, 2.24) is 5.32 Å². The van der Waals surface area contributed by atoms with E-state index in [9.17, 15) is 19.4 Å². The summed E-state index contributed by atoms with van der Waals surface area (Å²) in [6.07, 6.45) is 76.9. The van der Waals surface area contributed by atoms with Crippen LogP contribution in [0.3, 0.4) is 0 Å². The Balaban J connectivity index is 4.15. The monoisotopic (exact) mass is 1090 g/mol. The van der Waals surface area contributed by atoms with Gasteiger partial charge in [0.15, 0.2) is 0 Å². The average molecular weight is 1090 g/mol. The normalized spacial score (nSPS) is 13.9. The second-order valence-electron chi connectivity index (χ2n) is 24.2. The topological polar surface area (TPSA) is 108 Å². The molecule has 0 aromatic heterocycles. The van der Waals surface area contributed by atoms with Crippen LogP contribution >= 0.6 is 7.82 Å². The van der Waals surface area contributed by atoms with Crippen molar-refractivity contribution in [2.75, 3.05) is 40.9 Å². The van der Waals surface area contributed by atoms with E-state index in [1.54, 1.807) is 6.08 Å². The number of allylic oxidation sites excluding steroid dienone is 5. The number of rotatable bonds is 62. The first-order valence-corrected chi connectivity index (χ1v) is 34.8. The number of phosphoric ester groups is 1. The largest absolute Gasteiger partial charge is 0.756 e. The van der Waals surface area contributed by atoms with Crippen LogP contribution in [0.4, 0.5) is 0 Å². The molecule has 450 valence electrons. The molecular weight excluding hydrogens is 960 g/mol. The Morgan fingerprint density at radius 3 is 1.07 bits per heavy atom. The van der Waals surface area contributed by atoms with Gasteiger partial charge in [0.05, 0.1) is 39.9 Å². The van der Waals surface area contributed by atoms with Crippen LogP contribution in [0.1, 0.15) is 335 Å². The Kier molecular flexibility index (Phi) is 57.4. The third kappa shape index (κ3) is 60.4. The SMILES string of the molecule is CCCCCCCCCCCCCCCCCCCCCC/C=C/CC/C=C/CC/C=C/C(O)C(COP(=O)([O-])OCC[N+](C)(C)C)NC(=O)CCCCCCCCCCCCCCCCCCCCCCCCCC. The van der Waals surface area contributed by atoms with Crippen LogP contribution in [0.25, 0.3) is 0 Å². The summed E-state index contributed by atoms with van der Waals surface area (Å²) in [5.74, 6) is -0.204. The van der Waals surface area contributed by atoms with Crippen molar-refractivity contribution in [1.29, 1.82) is 0 Å². The molecule has 0 heterocycles. The lowest BCUT2D eigenvalue weighted by molar-refractivity contribution is -0.870. The molecule has 0 aliphatic rings. The van der Waals surface area contributed by atoms with Gasteiger partial charge in [-0.05, 0) is 44.9 Å². The zero-order chi connectivity index (χ0) is 55.6. The summed E-state index contributed by atoms with van der Waals surface area (Å²) in [5, 5.41) is 13.9. The second-order valence-corrected chi connectivity index (χ2v) is 25.6. The molecule has 0 bridgehead atoms. The third-order valence-electron chi connectivity index (χ3n) is 15.3. The standard InChI is InChI=1S/C67H131N2O6P/c1-6-8-10-12-14-16-18-20-22-24-26-28-30-32-33-34-35-36-37-38-40-42-44-46-48-50-52-54-56-58-60-66(70)65(64-75-76(72,73)74-63-62-69(3,4)5)68-67(71)61-59-57-55-53-51-49-47-45-43-41-39-31-29-27-25-23-21-19-17-15-13-11-9-7-2/h42,44,50,52,58,60,65-66,70H,6-41,43,45-49,51,53-57,59,61-64H2,1-5H3,(H-,68,71,72,73)/b44-42+,52-50+,60-58+. The van der Waals surface area contributed by atoms with E-state index in [4.69, 9.17) is 9.05 Å². The molecule has 0 aromatic carbocycles. The fourth-order valence-electron chi connectivity index (χ4n) is 10.1. The fourth-order valence-corrected chi connectivity index (χ4v) is 10.9. The van der Waals surface area contributed by atoms with Gasteiger partial charge in [-0.2, -0.15) is 0 Å². The summed E-state index contributed by atoms with van der Waals surface area (Å²) in [6.45, 7) is 4.68. The van der Waals surface area contributed by atoms with Gasteiger partial charge in [-0.25, -0.2) is 0 Å². The average Bonchev–Trinajstić information content (AvgIpc) is 3.38. The lowest BCUT2D eigenvalue weighted by Crippen LogP contribution is -2.45. The molecule has 3 unspecified atom stereocenters. The van der Waals surface area contributed by atoms with Gasteiger partial charge in [-0.3, -0.25) is 9.36 Å². The van der Waals surface area contributed by atoms with Crippen molar-refractivity contribution in [3.63, 3.8) is 0 Å². The number of amides is 1. The Hall–Kier alpha value is -1.28. The van der Waals surface area contributed by atoms with Crippen LogP contribution in [-0.4, -0.2) is 68.5 Å². The van der Waals surface area contributed by atoms with Crippen LogP contribution in [0, 0.1) is 0 Å². The molecule has 1 amide bonds. The highest BCUT2D eigenvalue weighted by Crippen LogP contribution is 2.38. The number of nitrogens with one attached hydrogen (secondary N) is 1. The number of quaternary nitrogens is 1. The zero-order valence-corrected chi connectivity index (χ0v) is 52.4. The highest BCUT2D eigenvalue weighted by molar-refractivity contribution is 7.45. The first-order chi connectivity index (χ1) is 37.0. The Morgan fingerprint density at radius 2 is 0.737 bits per heavy atom. The van der Waals surface area contributed by atoms with E-state index in [0.29, 0.717) is 17.4 Å². The Bertz CT molecular complexity index is 1330. The molecule has 0 aliphatic carbocycles. The highest BCUT2D eigenvalue weighted by atomic mass is 31.2. The van der Waals surface area contributed by atoms with E-state index in [0.717, 1.165) is 44.9 Å². The summed E-state index contributed by atoms with van der Waals surface area (Å²) >= 11 is 0. The van der Waals surface area contributed by atoms with Gasteiger partial charge < -0.3 is 28.8 Å². The number of hydrogen-bond donors (Lipinski definition) is 2. The van der Waals surface area contributed by atoms with Gasteiger partial charge in [0.2, 0.25) is 5.91 Å². The van der Waals surface area contributed by atoms with Crippen LogP contribution in [0.5, 0.6) is 0 Å². The zero-order valence-electron chi connectivity index (χ0n) is 51.5. The van der Waals surface area contributed by atoms with Crippen molar-refractivity contribution in [2.45, 2.75) is 347 Å². The van der Waals surface area contributed by atoms with Gasteiger partial charge in [0.1, 0.15) is 13.2 Å². The molecule has 0 radical (unpaired) electrons. The molecular formula is C67H131N2O6P. The lowest BCUT2D eigenvalue weighted by Gasteiger charge is -2.29. The second kappa shape index (κ2) is 58.4. The number of aliphatic hydroxyl groups excluding tert-OH is 1. The predicted molar refractivity (Wildman–Crippen MR) is 330 cm³/mol. The summed E-state index contributed by atoms with van der Waals surface area (Å²) < 4.78 is 23.4. The molecule has 8 nitrogen and oxygen atoms in total. The smallest absolute Gasteiger partial charge is 0.268 e. The molecule has 0 aliphatic heterocycles. The van der Waals surface area contributed by atoms with Gasteiger partial charge >= 0.3 is 0 Å². The summed E-state index contributed by atoms with van der Waals surface area (Å²) in [7, 11) is 1.25. The van der Waals surface area contributed by atoms with Gasteiger partial charge in [-0.1, -0.05) is 320 Å². The minimum atomic E-state index is -4.61. The predicted octanol–water partition coefficient (Wildman–Crippen LogP) is 20.3. The number of unbranched alkanes of at least 4 members (excludes halogenated alkanes) is 45. The molecule has 76 heavy (non-hydrogen) atoms. The van der Waals surface area contributed by atoms with E-state index in [-0.39, 0.29) is 12.5 Å². The van der Waals surface area contributed by atoms with E-state index in [2.05, 4.69) is 43.5 Å². The maximum atomic E-state index is 13.0. The van der Waals surface area contributed by atoms with Gasteiger partial charge in [0.25, 0.3) is 7.82 Å². The molecule has 0 saturated carbocycles. The molecule has 3 atom stereocenters. The van der Waals surface area contributed by atoms with Crippen molar-refractivity contribution in [3.8, 4) is 0 Å². The maximum Gasteiger partial charge on any atom is 0.268 e. The van der Waals surface area contributed by atoms with Crippen molar-refractivity contribution in [3.05, 3.63) is 36.5 Å². The third-order valence-corrected chi connectivity index (χ3v) is 16.3. The van der Waals surface area contributed by atoms with Crippen molar-refractivity contribution < 1.29 is 32.9 Å². The highest BCUT2D eigenvalue weighted by Gasteiger charge is 2.23. The number of aliphatic hydroxyl groups is 1. The summed E-state index contributed by atoms with van der Waals surface area (Å²) in [6, 6.07) is -0.909. The number of carbonyl (C=O) groups excluding carboxylic acids is 1. The Morgan fingerprint density at radius 1 is 0.447 bits per heavy atom. The van der Waals surface area contributed by atoms with Crippen LogP contribution in [-0.2, 0) is 18.4 Å². The number of phosphoric acid groups is 1. The molecule has 0 rings (SSSR count). The maximum absolute atomic E-state index is 13.0. The molecule has 2 N–H and O–H groups in total. The number of carbonyl (C=O) groups is 1. The van der Waals surface area contributed by atoms with Gasteiger partial charge in [0, 0.05) is 6.42 Å². The van der Waals surface area contributed by atoms with E-state index in [1.165, 1.54) is 270 Å². The lowest BCUT2D eigenvalue weighted by atomic mass is 10.0. The van der Waals surface area contributed by atoms with E-state index < -0.39 is 26.6 Å².